The predicted molar refractivity (Wildman–Crippen MR) is 176 cm³/mol. The van der Waals surface area contributed by atoms with Crippen molar-refractivity contribution in [3.63, 3.8) is 0 Å². The molecule has 1 aliphatic rings. The maximum atomic E-state index is 14.5. The number of aromatic carboxylic acids is 1. The van der Waals surface area contributed by atoms with Gasteiger partial charge in [0.2, 0.25) is 0 Å². The number of rotatable bonds is 6. The van der Waals surface area contributed by atoms with E-state index in [2.05, 4.69) is 14.9 Å². The fourth-order valence-corrected chi connectivity index (χ4v) is 6.34. The average Bonchev–Trinajstić information content (AvgIpc) is 3.35. The zero-order chi connectivity index (χ0) is 32.9. The van der Waals surface area contributed by atoms with Crippen LogP contribution in [0.3, 0.4) is 0 Å². The highest BCUT2D eigenvalue weighted by atomic mass is 35.5. The van der Waals surface area contributed by atoms with E-state index in [9.17, 15) is 19.1 Å². The van der Waals surface area contributed by atoms with Crippen LogP contribution in [0.5, 0.6) is 0 Å². The summed E-state index contributed by atoms with van der Waals surface area (Å²) in [5, 5.41) is 10.4. The summed E-state index contributed by atoms with van der Waals surface area (Å²) >= 11 is 5.97. The second kappa shape index (κ2) is 11.8. The van der Waals surface area contributed by atoms with Crippen LogP contribution in [0, 0.1) is 26.6 Å². The molecule has 6 rings (SSSR count). The standard InChI is InChI=1S/C35H34ClFN6O3/c1-20-6-8-24(38-16-20)17-42-18-26(23-7-10-27(36)28(37)15-23)25-9-11-29(40-32(25)42)33(44)43-13-12-41(19-35(43,4)5)30-14-21(2)31(34(45)46)22(3)39-30/h6-11,14-16,18H,12-13,17,19H2,1-5H3,(H,45,46). The van der Waals surface area contributed by atoms with Gasteiger partial charge in [-0.1, -0.05) is 23.7 Å². The van der Waals surface area contributed by atoms with Crippen molar-refractivity contribution in [2.45, 2.75) is 46.7 Å². The van der Waals surface area contributed by atoms with Crippen LogP contribution in [0.25, 0.3) is 22.2 Å². The Morgan fingerprint density at radius 3 is 2.46 bits per heavy atom. The molecule has 4 aromatic heterocycles. The molecule has 11 heteroatoms. The van der Waals surface area contributed by atoms with Crippen LogP contribution >= 0.6 is 11.6 Å². The van der Waals surface area contributed by atoms with Gasteiger partial charge < -0.3 is 19.5 Å². The molecule has 1 saturated heterocycles. The van der Waals surface area contributed by atoms with Crippen molar-refractivity contribution >= 4 is 40.3 Å². The van der Waals surface area contributed by atoms with Crippen molar-refractivity contribution in [2.75, 3.05) is 24.5 Å². The van der Waals surface area contributed by atoms with E-state index in [4.69, 9.17) is 16.6 Å². The summed E-state index contributed by atoms with van der Waals surface area (Å²) in [5.41, 5.74) is 4.91. The first kappa shape index (κ1) is 31.2. The zero-order valence-electron chi connectivity index (χ0n) is 26.3. The lowest BCUT2D eigenvalue weighted by molar-refractivity contribution is 0.0507. The lowest BCUT2D eigenvalue weighted by atomic mass is 9.97. The number of anilines is 1. The first-order chi connectivity index (χ1) is 21.8. The molecule has 46 heavy (non-hydrogen) atoms. The second-order valence-electron chi connectivity index (χ2n) is 12.4. The quantitative estimate of drug-likeness (QED) is 0.220. The summed E-state index contributed by atoms with van der Waals surface area (Å²) in [5.74, 6) is -1.02. The highest BCUT2D eigenvalue weighted by Gasteiger charge is 2.38. The van der Waals surface area contributed by atoms with E-state index in [0.717, 1.165) is 22.2 Å². The zero-order valence-corrected chi connectivity index (χ0v) is 27.1. The van der Waals surface area contributed by atoms with Gasteiger partial charge in [0.15, 0.2) is 0 Å². The van der Waals surface area contributed by atoms with E-state index in [1.807, 2.05) is 54.6 Å². The van der Waals surface area contributed by atoms with Gasteiger partial charge in [-0.3, -0.25) is 9.78 Å². The van der Waals surface area contributed by atoms with Crippen LogP contribution in [0.15, 0.2) is 60.9 Å². The number of carbonyl (C=O) groups excluding carboxylic acids is 1. The first-order valence-electron chi connectivity index (χ1n) is 15.0. The molecule has 0 saturated carbocycles. The van der Waals surface area contributed by atoms with Crippen molar-refractivity contribution in [1.82, 2.24) is 24.4 Å². The van der Waals surface area contributed by atoms with E-state index in [1.165, 1.54) is 12.1 Å². The molecule has 0 atom stereocenters. The fourth-order valence-electron chi connectivity index (χ4n) is 6.23. The normalized spacial score (nSPS) is 14.6. The SMILES string of the molecule is Cc1ccc(Cn2cc(-c3ccc(Cl)c(F)c3)c3ccc(C(=O)N4CCN(c5cc(C)c(C(=O)O)c(C)n5)CC4(C)C)nc32)nc1. The Bertz CT molecular complexity index is 1980. The van der Waals surface area contributed by atoms with E-state index >= 15 is 0 Å². The Hall–Kier alpha value is -4.83. The molecule has 5 aromatic rings. The maximum absolute atomic E-state index is 14.5. The molecule has 9 nitrogen and oxygen atoms in total. The number of carbonyl (C=O) groups is 2. The molecule has 0 unspecified atom stereocenters. The summed E-state index contributed by atoms with van der Waals surface area (Å²) in [6.07, 6.45) is 3.71. The number of hydrogen-bond acceptors (Lipinski definition) is 6. The van der Waals surface area contributed by atoms with Crippen LogP contribution in [0.4, 0.5) is 10.2 Å². The van der Waals surface area contributed by atoms with Crippen LogP contribution in [0.2, 0.25) is 5.02 Å². The van der Waals surface area contributed by atoms with Crippen molar-refractivity contribution in [2.24, 2.45) is 0 Å². The Kier molecular flexibility index (Phi) is 8.02. The Balaban J connectivity index is 1.33. The van der Waals surface area contributed by atoms with Gasteiger partial charge in [0.25, 0.3) is 5.91 Å². The summed E-state index contributed by atoms with van der Waals surface area (Å²) < 4.78 is 16.4. The Morgan fingerprint density at radius 2 is 1.80 bits per heavy atom. The molecule has 0 radical (unpaired) electrons. The first-order valence-corrected chi connectivity index (χ1v) is 15.4. The maximum Gasteiger partial charge on any atom is 0.337 e. The summed E-state index contributed by atoms with van der Waals surface area (Å²) in [7, 11) is 0. The minimum absolute atomic E-state index is 0.0448. The largest absolute Gasteiger partial charge is 0.478 e. The van der Waals surface area contributed by atoms with Gasteiger partial charge in [-0.05, 0) is 87.7 Å². The summed E-state index contributed by atoms with van der Waals surface area (Å²) in [6, 6.07) is 14.0. The lowest BCUT2D eigenvalue weighted by Crippen LogP contribution is -2.61. The molecule has 1 amide bonds. The number of piperazine rings is 1. The minimum Gasteiger partial charge on any atom is -0.478 e. The number of amides is 1. The van der Waals surface area contributed by atoms with E-state index in [0.29, 0.717) is 60.2 Å². The molecule has 1 aliphatic heterocycles. The number of hydrogen-bond donors (Lipinski definition) is 1. The predicted octanol–water partition coefficient (Wildman–Crippen LogP) is 6.70. The molecular formula is C35H34ClFN6O3. The number of pyridine rings is 3. The third kappa shape index (κ3) is 5.80. The number of carboxylic acid groups (broad SMARTS) is 1. The van der Waals surface area contributed by atoms with Crippen LogP contribution in [-0.4, -0.2) is 66.6 Å². The number of halogens is 2. The molecule has 1 aromatic carbocycles. The van der Waals surface area contributed by atoms with E-state index in [-0.39, 0.29) is 16.5 Å². The van der Waals surface area contributed by atoms with Gasteiger partial charge in [-0.2, -0.15) is 0 Å². The number of benzene rings is 1. The molecule has 1 fully saturated rings. The van der Waals surface area contributed by atoms with Crippen molar-refractivity contribution < 1.29 is 19.1 Å². The fraction of sp³-hybridized carbons (Fsp3) is 0.286. The molecule has 5 heterocycles. The summed E-state index contributed by atoms with van der Waals surface area (Å²) in [6.45, 7) is 11.3. The van der Waals surface area contributed by atoms with Gasteiger partial charge in [-0.25, -0.2) is 19.2 Å². The molecule has 0 aliphatic carbocycles. The van der Waals surface area contributed by atoms with Gasteiger partial charge >= 0.3 is 5.97 Å². The molecule has 0 bridgehead atoms. The number of carboxylic acids is 1. The van der Waals surface area contributed by atoms with Crippen LogP contribution in [0.1, 0.15) is 57.2 Å². The Morgan fingerprint density at radius 1 is 1.02 bits per heavy atom. The molecule has 0 spiro atoms. The van der Waals surface area contributed by atoms with Crippen molar-refractivity contribution in [1.29, 1.82) is 0 Å². The Labute approximate surface area is 271 Å². The van der Waals surface area contributed by atoms with E-state index in [1.54, 1.807) is 38.2 Å². The van der Waals surface area contributed by atoms with Crippen LogP contribution in [-0.2, 0) is 6.54 Å². The molecule has 236 valence electrons. The number of aryl methyl sites for hydroxylation is 3. The minimum atomic E-state index is -0.997. The topological polar surface area (TPSA) is 104 Å². The van der Waals surface area contributed by atoms with Gasteiger partial charge in [-0.15, -0.1) is 0 Å². The lowest BCUT2D eigenvalue weighted by Gasteiger charge is -2.47. The molecular weight excluding hydrogens is 607 g/mol. The molecule has 1 N–H and O–H groups in total. The highest BCUT2D eigenvalue weighted by molar-refractivity contribution is 6.30. The highest BCUT2D eigenvalue weighted by Crippen LogP contribution is 2.33. The number of aromatic nitrogens is 4. The number of fused-ring (bicyclic) bond motifs is 1. The average molecular weight is 641 g/mol. The second-order valence-corrected chi connectivity index (χ2v) is 12.9. The third-order valence-corrected chi connectivity index (χ3v) is 8.85. The van der Waals surface area contributed by atoms with Crippen molar-refractivity contribution in [3.05, 3.63) is 106 Å². The van der Waals surface area contributed by atoms with Crippen molar-refractivity contribution in [3.8, 4) is 11.1 Å². The number of nitrogens with zero attached hydrogens (tertiary/aromatic N) is 6. The van der Waals surface area contributed by atoms with Gasteiger partial charge in [0.1, 0.15) is 23.0 Å². The smallest absolute Gasteiger partial charge is 0.337 e. The third-order valence-electron chi connectivity index (χ3n) is 8.55. The van der Waals surface area contributed by atoms with E-state index < -0.39 is 17.3 Å². The van der Waals surface area contributed by atoms with Gasteiger partial charge in [0, 0.05) is 43.0 Å². The van der Waals surface area contributed by atoms with Crippen LogP contribution < -0.4 is 4.90 Å². The summed E-state index contributed by atoms with van der Waals surface area (Å²) in [4.78, 5) is 43.7. The monoisotopic (exact) mass is 640 g/mol. The van der Waals surface area contributed by atoms with Gasteiger partial charge in [0.05, 0.1) is 34.1 Å².